The van der Waals surface area contributed by atoms with Gasteiger partial charge in [-0.15, -0.1) is 0 Å². The van der Waals surface area contributed by atoms with Crippen molar-refractivity contribution in [3.8, 4) is 0 Å². The summed E-state index contributed by atoms with van der Waals surface area (Å²) in [5, 5.41) is 5.10. The first-order valence-corrected chi connectivity index (χ1v) is 12.7. The zero-order valence-electron chi connectivity index (χ0n) is 19.4. The molecule has 35 heavy (non-hydrogen) atoms. The van der Waals surface area contributed by atoms with Crippen LogP contribution in [0.5, 0.6) is 0 Å². The van der Waals surface area contributed by atoms with Crippen molar-refractivity contribution in [2.24, 2.45) is 5.92 Å². The molecule has 2 heterocycles. The van der Waals surface area contributed by atoms with Crippen LogP contribution in [0.15, 0.2) is 64.1 Å². The number of hydrogen-bond donors (Lipinski definition) is 2. The molecule has 10 heteroatoms. The van der Waals surface area contributed by atoms with E-state index in [0.29, 0.717) is 24.8 Å². The number of rotatable bonds is 6. The molecular weight excluding hydrogens is 473 g/mol. The molecule has 0 unspecified atom stereocenters. The third-order valence-electron chi connectivity index (χ3n) is 6.07. The molecule has 2 N–H and O–H groups in total. The monoisotopic (exact) mass is 499 g/mol. The highest BCUT2D eigenvalue weighted by molar-refractivity contribution is 7.89. The van der Waals surface area contributed by atoms with Crippen LogP contribution < -0.4 is 10.6 Å². The second-order valence-corrected chi connectivity index (χ2v) is 10.5. The Morgan fingerprint density at radius 1 is 1.00 bits per heavy atom. The van der Waals surface area contributed by atoms with Gasteiger partial charge in [-0.25, -0.2) is 12.8 Å². The van der Waals surface area contributed by atoms with Gasteiger partial charge in [0.15, 0.2) is 0 Å². The lowest BCUT2D eigenvalue weighted by Crippen LogP contribution is -2.37. The number of benzene rings is 2. The minimum atomic E-state index is -3.62. The Hall–Kier alpha value is -3.50. The highest BCUT2D eigenvalue weighted by Gasteiger charge is 2.28. The van der Waals surface area contributed by atoms with Crippen LogP contribution in [-0.4, -0.2) is 37.6 Å². The van der Waals surface area contributed by atoms with E-state index in [1.807, 2.05) is 0 Å². The Morgan fingerprint density at radius 3 is 2.31 bits per heavy atom. The van der Waals surface area contributed by atoms with Crippen molar-refractivity contribution in [2.45, 2.75) is 31.6 Å². The zero-order valence-corrected chi connectivity index (χ0v) is 20.2. The van der Waals surface area contributed by atoms with Crippen molar-refractivity contribution in [2.75, 3.05) is 23.7 Å². The molecule has 2 amide bonds. The molecule has 1 aromatic heterocycles. The number of hydrogen-bond acceptors (Lipinski definition) is 5. The maximum atomic E-state index is 14.3. The van der Waals surface area contributed by atoms with Gasteiger partial charge in [0.25, 0.3) is 11.8 Å². The highest BCUT2D eigenvalue weighted by atomic mass is 32.2. The van der Waals surface area contributed by atoms with E-state index in [4.69, 9.17) is 4.42 Å². The number of piperidine rings is 1. The van der Waals surface area contributed by atoms with E-state index in [9.17, 15) is 22.4 Å². The summed E-state index contributed by atoms with van der Waals surface area (Å²) < 4.78 is 46.6. The number of aryl methyl sites for hydroxylation is 1. The summed E-state index contributed by atoms with van der Waals surface area (Å²) in [5.41, 5.74) is 0.661. The third kappa shape index (κ3) is 5.44. The molecule has 0 radical (unpaired) electrons. The lowest BCUT2D eigenvalue weighted by molar-refractivity contribution is 0.101. The van der Waals surface area contributed by atoms with Crippen molar-refractivity contribution in [1.82, 2.24) is 4.31 Å². The molecule has 0 bridgehead atoms. The van der Waals surface area contributed by atoms with Crippen LogP contribution in [-0.2, 0) is 10.0 Å². The van der Waals surface area contributed by atoms with E-state index in [1.54, 1.807) is 6.92 Å². The zero-order chi connectivity index (χ0) is 25.2. The fourth-order valence-electron chi connectivity index (χ4n) is 3.86. The van der Waals surface area contributed by atoms with Crippen molar-refractivity contribution in [3.05, 3.63) is 77.5 Å². The number of sulfonamides is 1. The Balaban J connectivity index is 1.45. The molecule has 0 saturated carbocycles. The van der Waals surface area contributed by atoms with Crippen molar-refractivity contribution >= 4 is 33.2 Å². The highest BCUT2D eigenvalue weighted by Crippen LogP contribution is 2.25. The van der Waals surface area contributed by atoms with Gasteiger partial charge in [-0.1, -0.05) is 6.92 Å². The number of anilines is 2. The van der Waals surface area contributed by atoms with E-state index in [0.717, 1.165) is 18.9 Å². The first-order chi connectivity index (χ1) is 16.6. The summed E-state index contributed by atoms with van der Waals surface area (Å²) in [7, 11) is -3.62. The van der Waals surface area contributed by atoms with Crippen LogP contribution in [0.3, 0.4) is 0 Å². The van der Waals surface area contributed by atoms with Gasteiger partial charge in [0.1, 0.15) is 11.6 Å². The molecule has 0 atom stereocenters. The summed E-state index contributed by atoms with van der Waals surface area (Å²) in [6, 6.07) is 11.0. The second-order valence-electron chi connectivity index (χ2n) is 8.60. The van der Waals surface area contributed by atoms with Crippen LogP contribution >= 0.6 is 0 Å². The Labute approximate surface area is 203 Å². The first-order valence-electron chi connectivity index (χ1n) is 11.2. The molecule has 184 valence electrons. The maximum Gasteiger partial charge on any atom is 0.259 e. The molecule has 3 aromatic rings. The Kier molecular flexibility index (Phi) is 7.04. The van der Waals surface area contributed by atoms with Crippen molar-refractivity contribution < 1.29 is 26.8 Å². The minimum Gasteiger partial charge on any atom is -0.469 e. The largest absolute Gasteiger partial charge is 0.469 e. The fourth-order valence-corrected chi connectivity index (χ4v) is 5.33. The number of furan rings is 1. The minimum absolute atomic E-state index is 0.106. The smallest absolute Gasteiger partial charge is 0.259 e. The van der Waals surface area contributed by atoms with Gasteiger partial charge in [-0.2, -0.15) is 4.31 Å². The second kappa shape index (κ2) is 10.0. The summed E-state index contributed by atoms with van der Waals surface area (Å²) >= 11 is 0. The van der Waals surface area contributed by atoms with E-state index in [2.05, 4.69) is 17.6 Å². The van der Waals surface area contributed by atoms with Crippen LogP contribution in [0.2, 0.25) is 0 Å². The fraction of sp³-hybridized carbons (Fsp3) is 0.280. The quantitative estimate of drug-likeness (QED) is 0.513. The van der Waals surface area contributed by atoms with Crippen molar-refractivity contribution in [3.63, 3.8) is 0 Å². The molecule has 1 saturated heterocycles. The maximum absolute atomic E-state index is 14.3. The van der Waals surface area contributed by atoms with Crippen molar-refractivity contribution in [1.29, 1.82) is 0 Å². The Bertz CT molecular complexity index is 1340. The standard InChI is InChI=1S/C25H26FN3O5S/c1-16-9-12-29(13-10-16)35(32,33)20-6-3-18(4-7-20)24(30)27-19-5-8-22(26)23(15-19)28-25(31)21-11-14-34-17(21)2/h3-8,11,14-16H,9-10,12-13H2,1-2H3,(H,27,30)(H,28,31). The van der Waals surface area contributed by atoms with Gasteiger partial charge in [-0.05, 0) is 74.2 Å². The molecular formula is C25H26FN3O5S. The van der Waals surface area contributed by atoms with Gasteiger partial charge in [0.2, 0.25) is 10.0 Å². The average molecular weight is 500 g/mol. The van der Waals surface area contributed by atoms with Gasteiger partial charge in [0.05, 0.1) is 22.4 Å². The normalized spacial score (nSPS) is 15.1. The molecule has 4 rings (SSSR count). The number of carbonyl (C=O) groups is 2. The molecule has 1 aliphatic heterocycles. The number of nitrogens with one attached hydrogen (secondary N) is 2. The van der Waals surface area contributed by atoms with Crippen LogP contribution in [0.1, 0.15) is 46.2 Å². The molecule has 1 aliphatic rings. The first kappa shape index (κ1) is 24.6. The molecule has 0 spiro atoms. The summed E-state index contributed by atoms with van der Waals surface area (Å²) in [4.78, 5) is 25.2. The molecule has 0 aliphatic carbocycles. The lowest BCUT2D eigenvalue weighted by Gasteiger charge is -2.29. The van der Waals surface area contributed by atoms with Crippen LogP contribution in [0.4, 0.5) is 15.8 Å². The van der Waals surface area contributed by atoms with Gasteiger partial charge >= 0.3 is 0 Å². The summed E-state index contributed by atoms with van der Waals surface area (Å²) in [6.45, 7) is 4.69. The summed E-state index contributed by atoms with van der Waals surface area (Å²) in [5.74, 6) is -0.816. The number of halogens is 1. The summed E-state index contributed by atoms with van der Waals surface area (Å²) in [6.07, 6.45) is 3.00. The van der Waals surface area contributed by atoms with E-state index in [-0.39, 0.29) is 27.4 Å². The molecule has 1 fully saturated rings. The third-order valence-corrected chi connectivity index (χ3v) is 7.99. The van der Waals surface area contributed by atoms with E-state index >= 15 is 0 Å². The van der Waals surface area contributed by atoms with Gasteiger partial charge < -0.3 is 15.1 Å². The van der Waals surface area contributed by atoms with Gasteiger partial charge in [-0.3, -0.25) is 9.59 Å². The van der Waals surface area contributed by atoms with Crippen LogP contribution in [0.25, 0.3) is 0 Å². The SMILES string of the molecule is Cc1occc1C(=O)Nc1cc(NC(=O)c2ccc(S(=O)(=O)N3CCC(C)CC3)cc2)ccc1F. The number of amides is 2. The number of carbonyl (C=O) groups excluding carboxylic acids is 2. The molecule has 8 nitrogen and oxygen atoms in total. The predicted molar refractivity (Wildman–Crippen MR) is 129 cm³/mol. The Morgan fingerprint density at radius 2 is 1.69 bits per heavy atom. The predicted octanol–water partition coefficient (Wildman–Crippen LogP) is 4.65. The topological polar surface area (TPSA) is 109 Å². The van der Waals surface area contributed by atoms with Gasteiger partial charge in [0, 0.05) is 24.3 Å². The lowest BCUT2D eigenvalue weighted by atomic mass is 10.0. The average Bonchev–Trinajstić information content (AvgIpc) is 3.27. The van der Waals surface area contributed by atoms with E-state index < -0.39 is 27.7 Å². The van der Waals surface area contributed by atoms with E-state index in [1.165, 1.54) is 53.0 Å². The molecule has 2 aromatic carbocycles. The number of nitrogens with zero attached hydrogens (tertiary/aromatic N) is 1. The van der Waals surface area contributed by atoms with Crippen LogP contribution in [0, 0.1) is 18.7 Å².